The van der Waals surface area contributed by atoms with Crippen molar-refractivity contribution in [1.29, 1.82) is 0 Å². The SMILES string of the molecule is CC(NS(=O)(=O)N1CCNCC1)c1ccccn1. The largest absolute Gasteiger partial charge is 0.314 e. The summed E-state index contributed by atoms with van der Waals surface area (Å²) in [5.41, 5.74) is 0.719. The van der Waals surface area contributed by atoms with Crippen molar-refractivity contribution in [3.63, 3.8) is 0 Å². The highest BCUT2D eigenvalue weighted by Crippen LogP contribution is 2.11. The van der Waals surface area contributed by atoms with Gasteiger partial charge in [-0.1, -0.05) is 6.07 Å². The Kier molecular flexibility index (Phi) is 4.28. The zero-order valence-electron chi connectivity index (χ0n) is 10.3. The van der Waals surface area contributed by atoms with Crippen molar-refractivity contribution >= 4 is 10.2 Å². The van der Waals surface area contributed by atoms with E-state index in [-0.39, 0.29) is 6.04 Å². The van der Waals surface area contributed by atoms with Crippen LogP contribution in [-0.2, 0) is 10.2 Å². The lowest BCUT2D eigenvalue weighted by molar-refractivity contribution is 0.352. The number of nitrogens with one attached hydrogen (secondary N) is 2. The molecule has 0 bridgehead atoms. The third kappa shape index (κ3) is 3.26. The zero-order valence-corrected chi connectivity index (χ0v) is 11.2. The number of hydrogen-bond donors (Lipinski definition) is 2. The smallest absolute Gasteiger partial charge is 0.280 e. The molecule has 1 fully saturated rings. The summed E-state index contributed by atoms with van der Waals surface area (Å²) in [5.74, 6) is 0. The predicted molar refractivity (Wildman–Crippen MR) is 69.2 cm³/mol. The normalized spacial score (nSPS) is 19.6. The summed E-state index contributed by atoms with van der Waals surface area (Å²) in [6.07, 6.45) is 1.66. The van der Waals surface area contributed by atoms with E-state index in [0.29, 0.717) is 26.2 Å². The van der Waals surface area contributed by atoms with Crippen LogP contribution < -0.4 is 10.0 Å². The Balaban J connectivity index is 2.03. The van der Waals surface area contributed by atoms with E-state index >= 15 is 0 Å². The van der Waals surface area contributed by atoms with Gasteiger partial charge >= 0.3 is 0 Å². The molecular formula is C11H18N4O2S. The highest BCUT2D eigenvalue weighted by molar-refractivity contribution is 7.87. The van der Waals surface area contributed by atoms with E-state index in [0.717, 1.165) is 5.69 Å². The highest BCUT2D eigenvalue weighted by Gasteiger charge is 2.25. The van der Waals surface area contributed by atoms with E-state index in [4.69, 9.17) is 0 Å². The summed E-state index contributed by atoms with van der Waals surface area (Å²) in [7, 11) is -3.43. The molecule has 100 valence electrons. The van der Waals surface area contributed by atoms with Crippen molar-refractivity contribution < 1.29 is 8.42 Å². The number of hydrogen-bond acceptors (Lipinski definition) is 4. The maximum atomic E-state index is 12.1. The Morgan fingerprint density at radius 2 is 2.11 bits per heavy atom. The lowest BCUT2D eigenvalue weighted by Crippen LogP contribution is -2.50. The van der Waals surface area contributed by atoms with Crippen molar-refractivity contribution in [2.24, 2.45) is 0 Å². The Bertz CT molecular complexity index is 471. The van der Waals surface area contributed by atoms with Gasteiger partial charge in [0.05, 0.1) is 11.7 Å². The Hall–Kier alpha value is -1.02. The summed E-state index contributed by atoms with van der Waals surface area (Å²) in [4.78, 5) is 4.15. The lowest BCUT2D eigenvalue weighted by atomic mass is 10.2. The van der Waals surface area contributed by atoms with Crippen LogP contribution in [-0.4, -0.2) is 43.9 Å². The Labute approximate surface area is 108 Å². The maximum Gasteiger partial charge on any atom is 0.280 e. The number of nitrogens with zero attached hydrogens (tertiary/aromatic N) is 2. The molecule has 1 aliphatic rings. The molecule has 2 heterocycles. The fourth-order valence-electron chi connectivity index (χ4n) is 1.88. The van der Waals surface area contributed by atoms with Gasteiger partial charge in [-0.2, -0.15) is 17.4 Å². The zero-order chi connectivity index (χ0) is 13.0. The molecular weight excluding hydrogens is 252 g/mol. The average molecular weight is 270 g/mol. The van der Waals surface area contributed by atoms with Gasteiger partial charge in [-0.05, 0) is 19.1 Å². The van der Waals surface area contributed by atoms with Crippen LogP contribution in [0.5, 0.6) is 0 Å². The monoisotopic (exact) mass is 270 g/mol. The van der Waals surface area contributed by atoms with Crippen LogP contribution in [0, 0.1) is 0 Å². The van der Waals surface area contributed by atoms with Crippen molar-refractivity contribution in [1.82, 2.24) is 19.3 Å². The first kappa shape index (κ1) is 13.4. The molecule has 1 atom stereocenters. The first-order chi connectivity index (χ1) is 8.59. The highest BCUT2D eigenvalue weighted by atomic mass is 32.2. The minimum Gasteiger partial charge on any atom is -0.314 e. The van der Waals surface area contributed by atoms with Crippen LogP contribution in [0.25, 0.3) is 0 Å². The van der Waals surface area contributed by atoms with Gasteiger partial charge in [0.2, 0.25) is 0 Å². The molecule has 0 saturated carbocycles. The van der Waals surface area contributed by atoms with E-state index in [1.54, 1.807) is 19.2 Å². The molecule has 0 aromatic carbocycles. The molecule has 7 heteroatoms. The number of aromatic nitrogens is 1. The van der Waals surface area contributed by atoms with Gasteiger partial charge in [0.15, 0.2) is 0 Å². The summed E-state index contributed by atoms with van der Waals surface area (Å²) >= 11 is 0. The van der Waals surface area contributed by atoms with Crippen LogP contribution in [0.3, 0.4) is 0 Å². The number of piperazine rings is 1. The van der Waals surface area contributed by atoms with Gasteiger partial charge in [-0.3, -0.25) is 4.98 Å². The molecule has 6 nitrogen and oxygen atoms in total. The van der Waals surface area contributed by atoms with Gasteiger partial charge in [-0.15, -0.1) is 0 Å². The molecule has 2 N–H and O–H groups in total. The third-order valence-electron chi connectivity index (χ3n) is 2.87. The second-order valence-corrected chi connectivity index (χ2v) is 5.95. The van der Waals surface area contributed by atoms with E-state index in [2.05, 4.69) is 15.0 Å². The molecule has 0 amide bonds. The molecule has 0 aliphatic carbocycles. The third-order valence-corrected chi connectivity index (χ3v) is 4.57. The minimum absolute atomic E-state index is 0.328. The number of pyridine rings is 1. The lowest BCUT2D eigenvalue weighted by Gasteiger charge is -2.28. The molecule has 2 rings (SSSR count). The van der Waals surface area contributed by atoms with Gasteiger partial charge in [0.1, 0.15) is 0 Å². The van der Waals surface area contributed by atoms with Crippen molar-refractivity contribution in [2.45, 2.75) is 13.0 Å². The molecule has 1 aromatic heterocycles. The van der Waals surface area contributed by atoms with Crippen LogP contribution in [0.15, 0.2) is 24.4 Å². The van der Waals surface area contributed by atoms with Crippen LogP contribution in [0.4, 0.5) is 0 Å². The molecule has 1 unspecified atom stereocenters. The second-order valence-electron chi connectivity index (χ2n) is 4.25. The van der Waals surface area contributed by atoms with Crippen molar-refractivity contribution in [2.75, 3.05) is 26.2 Å². The quantitative estimate of drug-likeness (QED) is 0.800. The number of rotatable bonds is 4. The first-order valence-electron chi connectivity index (χ1n) is 5.98. The minimum atomic E-state index is -3.43. The molecule has 0 spiro atoms. The van der Waals surface area contributed by atoms with Crippen LogP contribution >= 0.6 is 0 Å². The summed E-state index contributed by atoms with van der Waals surface area (Å²) < 4.78 is 28.4. The van der Waals surface area contributed by atoms with Gasteiger partial charge < -0.3 is 5.32 Å². The van der Waals surface area contributed by atoms with E-state index < -0.39 is 10.2 Å². The first-order valence-corrected chi connectivity index (χ1v) is 7.42. The fourth-order valence-corrected chi connectivity index (χ4v) is 3.25. The van der Waals surface area contributed by atoms with Gasteiger partial charge in [-0.25, -0.2) is 0 Å². The van der Waals surface area contributed by atoms with Gasteiger partial charge in [0, 0.05) is 32.4 Å². The summed E-state index contributed by atoms with van der Waals surface area (Å²) in [5, 5.41) is 3.13. The van der Waals surface area contributed by atoms with Crippen molar-refractivity contribution in [3.8, 4) is 0 Å². The molecule has 1 aromatic rings. The van der Waals surface area contributed by atoms with E-state index in [1.165, 1.54) is 4.31 Å². The predicted octanol–water partition coefficient (Wildman–Crippen LogP) is -0.118. The molecule has 0 radical (unpaired) electrons. The molecule has 1 saturated heterocycles. The summed E-state index contributed by atoms with van der Waals surface area (Å²) in [6, 6.07) is 5.13. The Morgan fingerprint density at radius 1 is 1.39 bits per heavy atom. The molecule has 18 heavy (non-hydrogen) atoms. The Morgan fingerprint density at radius 3 is 2.72 bits per heavy atom. The van der Waals surface area contributed by atoms with Gasteiger partial charge in [0.25, 0.3) is 10.2 Å². The second kappa shape index (κ2) is 5.75. The molecule has 1 aliphatic heterocycles. The van der Waals surface area contributed by atoms with Crippen molar-refractivity contribution in [3.05, 3.63) is 30.1 Å². The van der Waals surface area contributed by atoms with Crippen LogP contribution in [0.2, 0.25) is 0 Å². The topological polar surface area (TPSA) is 74.3 Å². The van der Waals surface area contributed by atoms with Crippen LogP contribution in [0.1, 0.15) is 18.7 Å². The fraction of sp³-hybridized carbons (Fsp3) is 0.545. The van der Waals surface area contributed by atoms with E-state index in [1.807, 2.05) is 12.1 Å². The standard InChI is InChI=1S/C11H18N4O2S/c1-10(11-4-2-3-5-13-11)14-18(16,17)15-8-6-12-7-9-15/h2-5,10,12,14H,6-9H2,1H3. The maximum absolute atomic E-state index is 12.1. The average Bonchev–Trinajstić information content (AvgIpc) is 2.40. The van der Waals surface area contributed by atoms with E-state index in [9.17, 15) is 8.42 Å². The summed E-state index contributed by atoms with van der Waals surface area (Å²) in [6.45, 7) is 4.19.